The van der Waals surface area contributed by atoms with Crippen molar-refractivity contribution in [3.8, 4) is 0 Å². The minimum atomic E-state index is -0.260. The highest BCUT2D eigenvalue weighted by Gasteiger charge is 2.29. The Kier molecular flexibility index (Phi) is 5.72. The van der Waals surface area contributed by atoms with Crippen LogP contribution in [0.2, 0.25) is 5.02 Å². The zero-order valence-electron chi connectivity index (χ0n) is 17.0. The van der Waals surface area contributed by atoms with Crippen LogP contribution >= 0.6 is 11.6 Å². The van der Waals surface area contributed by atoms with Crippen LogP contribution in [0.1, 0.15) is 43.1 Å². The number of nitrogens with one attached hydrogen (secondary N) is 1. The average molecular weight is 426 g/mol. The van der Waals surface area contributed by atoms with Crippen molar-refractivity contribution in [1.82, 2.24) is 19.7 Å². The smallest absolute Gasteiger partial charge is 0.253 e. The SMILES string of the molecule is CC(C)n1ncc2cc(NC(=O)C3CCCN(C(=O)c4ccc(Cl)cc4)C3)cnc21. The maximum Gasteiger partial charge on any atom is 0.253 e. The molecule has 4 rings (SSSR count). The lowest BCUT2D eigenvalue weighted by Gasteiger charge is -2.32. The van der Waals surface area contributed by atoms with E-state index in [0.717, 1.165) is 23.9 Å². The van der Waals surface area contributed by atoms with Gasteiger partial charge in [0.25, 0.3) is 5.91 Å². The zero-order chi connectivity index (χ0) is 21.3. The van der Waals surface area contributed by atoms with Gasteiger partial charge in [0.05, 0.1) is 24.0 Å². The molecule has 0 bridgehead atoms. The van der Waals surface area contributed by atoms with Crippen molar-refractivity contribution in [3.05, 3.63) is 53.3 Å². The molecule has 2 aromatic heterocycles. The standard InChI is InChI=1S/C22H24ClN5O2/c1-14(2)28-20-17(11-25-28)10-19(12-24-20)26-21(29)16-4-3-9-27(13-16)22(30)15-5-7-18(23)8-6-15/h5-8,10-12,14,16H,3-4,9,13H2,1-2H3,(H,26,29). The van der Waals surface area contributed by atoms with Crippen LogP contribution in [0.4, 0.5) is 5.69 Å². The molecule has 30 heavy (non-hydrogen) atoms. The Morgan fingerprint density at radius 2 is 1.97 bits per heavy atom. The summed E-state index contributed by atoms with van der Waals surface area (Å²) in [5.74, 6) is -0.432. The van der Waals surface area contributed by atoms with E-state index in [4.69, 9.17) is 11.6 Å². The quantitative estimate of drug-likeness (QED) is 0.680. The highest BCUT2D eigenvalue weighted by Crippen LogP contribution is 2.23. The van der Waals surface area contributed by atoms with Crippen molar-refractivity contribution in [2.75, 3.05) is 18.4 Å². The number of carbonyl (C=O) groups is 2. The normalized spacial score (nSPS) is 16.8. The Morgan fingerprint density at radius 3 is 2.70 bits per heavy atom. The molecule has 0 spiro atoms. The van der Waals surface area contributed by atoms with Gasteiger partial charge in [0.15, 0.2) is 5.65 Å². The Labute approximate surface area is 180 Å². The van der Waals surface area contributed by atoms with Gasteiger partial charge in [0, 0.05) is 35.1 Å². The molecule has 1 N–H and O–H groups in total. The molecule has 1 aliphatic rings. The van der Waals surface area contributed by atoms with Gasteiger partial charge in [-0.15, -0.1) is 0 Å². The number of hydrogen-bond acceptors (Lipinski definition) is 4. The maximum atomic E-state index is 12.9. The first kappa shape index (κ1) is 20.3. The fourth-order valence-electron chi connectivity index (χ4n) is 3.78. The second-order valence-corrected chi connectivity index (χ2v) is 8.34. The molecule has 7 nitrogen and oxygen atoms in total. The maximum absolute atomic E-state index is 12.9. The number of amides is 2. The van der Waals surface area contributed by atoms with Crippen LogP contribution in [0.5, 0.6) is 0 Å². The van der Waals surface area contributed by atoms with E-state index in [0.29, 0.717) is 29.4 Å². The van der Waals surface area contributed by atoms with Crippen LogP contribution in [-0.2, 0) is 4.79 Å². The third kappa shape index (κ3) is 4.16. The third-order valence-corrected chi connectivity index (χ3v) is 5.61. The van der Waals surface area contributed by atoms with E-state index in [1.165, 1.54) is 0 Å². The molecule has 2 amide bonds. The number of rotatable bonds is 4. The van der Waals surface area contributed by atoms with Crippen LogP contribution < -0.4 is 5.32 Å². The Hall–Kier alpha value is -2.93. The number of anilines is 1. The number of benzene rings is 1. The fraction of sp³-hybridized carbons (Fsp3) is 0.364. The van der Waals surface area contributed by atoms with Gasteiger partial charge in [0.2, 0.25) is 5.91 Å². The molecule has 0 saturated carbocycles. The highest BCUT2D eigenvalue weighted by atomic mass is 35.5. The lowest BCUT2D eigenvalue weighted by atomic mass is 9.96. The minimum Gasteiger partial charge on any atom is -0.338 e. The first-order valence-corrected chi connectivity index (χ1v) is 10.5. The molecule has 0 aliphatic carbocycles. The number of likely N-dealkylation sites (tertiary alicyclic amines) is 1. The summed E-state index contributed by atoms with van der Waals surface area (Å²) in [4.78, 5) is 31.8. The summed E-state index contributed by atoms with van der Waals surface area (Å²) in [7, 11) is 0. The van der Waals surface area contributed by atoms with Crippen molar-refractivity contribution in [2.24, 2.45) is 5.92 Å². The molecule has 8 heteroatoms. The van der Waals surface area contributed by atoms with Gasteiger partial charge in [-0.25, -0.2) is 9.67 Å². The number of halogens is 1. The summed E-state index contributed by atoms with van der Waals surface area (Å²) in [6.45, 7) is 5.13. The molecule has 1 aromatic carbocycles. The van der Waals surface area contributed by atoms with Crippen LogP contribution in [0.3, 0.4) is 0 Å². The predicted molar refractivity (Wildman–Crippen MR) is 117 cm³/mol. The van der Waals surface area contributed by atoms with Crippen LogP contribution in [0.15, 0.2) is 42.7 Å². The van der Waals surface area contributed by atoms with Gasteiger partial charge in [-0.05, 0) is 57.0 Å². The monoisotopic (exact) mass is 425 g/mol. The van der Waals surface area contributed by atoms with E-state index in [-0.39, 0.29) is 23.8 Å². The fourth-order valence-corrected chi connectivity index (χ4v) is 3.91. The Bertz CT molecular complexity index is 1080. The van der Waals surface area contributed by atoms with E-state index >= 15 is 0 Å². The molecule has 1 aliphatic heterocycles. The molecule has 0 radical (unpaired) electrons. The van der Waals surface area contributed by atoms with Gasteiger partial charge in [0.1, 0.15) is 0 Å². The zero-order valence-corrected chi connectivity index (χ0v) is 17.8. The first-order valence-electron chi connectivity index (χ1n) is 10.1. The summed E-state index contributed by atoms with van der Waals surface area (Å²) in [6.07, 6.45) is 4.94. The number of pyridine rings is 1. The Balaban J connectivity index is 1.43. The van der Waals surface area contributed by atoms with E-state index in [1.807, 2.05) is 24.6 Å². The number of hydrogen-bond donors (Lipinski definition) is 1. The summed E-state index contributed by atoms with van der Waals surface area (Å²) < 4.78 is 1.85. The van der Waals surface area contributed by atoms with Crippen LogP contribution in [0, 0.1) is 5.92 Å². The van der Waals surface area contributed by atoms with Crippen molar-refractivity contribution in [1.29, 1.82) is 0 Å². The average Bonchev–Trinajstić information content (AvgIpc) is 3.17. The summed E-state index contributed by atoms with van der Waals surface area (Å²) >= 11 is 5.91. The molecule has 1 fully saturated rings. The second kappa shape index (κ2) is 8.44. The molecular formula is C22H24ClN5O2. The van der Waals surface area contributed by atoms with Crippen molar-refractivity contribution in [3.63, 3.8) is 0 Å². The van der Waals surface area contributed by atoms with Gasteiger partial charge in [-0.1, -0.05) is 11.6 Å². The van der Waals surface area contributed by atoms with Crippen LogP contribution in [0.25, 0.3) is 11.0 Å². The van der Waals surface area contributed by atoms with Gasteiger partial charge in [-0.2, -0.15) is 5.10 Å². The topological polar surface area (TPSA) is 80.1 Å². The minimum absolute atomic E-state index is 0.0756. The highest BCUT2D eigenvalue weighted by molar-refractivity contribution is 6.30. The van der Waals surface area contributed by atoms with Gasteiger partial charge in [-0.3, -0.25) is 9.59 Å². The number of fused-ring (bicyclic) bond motifs is 1. The molecule has 1 unspecified atom stereocenters. The van der Waals surface area contributed by atoms with E-state index in [2.05, 4.69) is 15.4 Å². The number of carbonyl (C=O) groups excluding carboxylic acids is 2. The summed E-state index contributed by atoms with van der Waals surface area (Å²) in [5, 5.41) is 8.78. The van der Waals surface area contributed by atoms with E-state index in [9.17, 15) is 9.59 Å². The lowest BCUT2D eigenvalue weighted by Crippen LogP contribution is -2.43. The van der Waals surface area contributed by atoms with Gasteiger partial charge < -0.3 is 10.2 Å². The van der Waals surface area contributed by atoms with Crippen LogP contribution in [-0.4, -0.2) is 44.6 Å². The van der Waals surface area contributed by atoms with Gasteiger partial charge >= 0.3 is 0 Å². The molecule has 156 valence electrons. The van der Waals surface area contributed by atoms with Crippen molar-refractivity contribution >= 4 is 40.1 Å². The van der Waals surface area contributed by atoms with Crippen molar-refractivity contribution < 1.29 is 9.59 Å². The number of nitrogens with zero attached hydrogens (tertiary/aromatic N) is 4. The molecule has 1 atom stereocenters. The Morgan fingerprint density at radius 1 is 1.20 bits per heavy atom. The number of piperidine rings is 1. The largest absolute Gasteiger partial charge is 0.338 e. The lowest BCUT2D eigenvalue weighted by molar-refractivity contribution is -0.121. The second-order valence-electron chi connectivity index (χ2n) is 7.91. The summed E-state index contributed by atoms with van der Waals surface area (Å²) in [6, 6.07) is 8.92. The molecule has 3 aromatic rings. The third-order valence-electron chi connectivity index (χ3n) is 5.36. The number of aromatic nitrogens is 3. The molecule has 1 saturated heterocycles. The molecule has 3 heterocycles. The first-order chi connectivity index (χ1) is 14.4. The van der Waals surface area contributed by atoms with E-state index < -0.39 is 0 Å². The molecular weight excluding hydrogens is 402 g/mol. The predicted octanol–water partition coefficient (Wildman–Crippen LogP) is 4.16. The van der Waals surface area contributed by atoms with Crippen molar-refractivity contribution in [2.45, 2.75) is 32.7 Å². The summed E-state index contributed by atoms with van der Waals surface area (Å²) in [5.41, 5.74) is 2.01. The van der Waals surface area contributed by atoms with E-state index in [1.54, 1.807) is 41.6 Å².